The molecule has 0 bridgehead atoms. The van der Waals surface area contributed by atoms with Crippen LogP contribution in [-0.2, 0) is 6.54 Å². The molecular weight excluding hydrogens is 178 g/mol. The summed E-state index contributed by atoms with van der Waals surface area (Å²) in [6, 6.07) is 1.47. The normalized spacial score (nSPS) is 17.5. The second-order valence-corrected chi connectivity index (χ2v) is 3.81. The summed E-state index contributed by atoms with van der Waals surface area (Å²) in [6.45, 7) is 0.337. The van der Waals surface area contributed by atoms with Crippen molar-refractivity contribution in [2.45, 2.75) is 38.1 Å². The van der Waals surface area contributed by atoms with Gasteiger partial charge in [-0.2, -0.15) is 0 Å². The molecule has 1 aliphatic carbocycles. The molecular formula is C10H15N3O. The number of nitrogens with one attached hydrogen (secondary N) is 1. The summed E-state index contributed by atoms with van der Waals surface area (Å²) >= 11 is 0. The molecule has 1 aromatic rings. The van der Waals surface area contributed by atoms with Crippen LogP contribution in [0.25, 0.3) is 0 Å². The Labute approximate surface area is 82.6 Å². The van der Waals surface area contributed by atoms with Crippen molar-refractivity contribution in [2.75, 3.05) is 0 Å². The van der Waals surface area contributed by atoms with Gasteiger partial charge in [0, 0.05) is 18.5 Å². The van der Waals surface area contributed by atoms with Crippen LogP contribution in [-0.4, -0.2) is 9.97 Å². The third kappa shape index (κ3) is 1.85. The third-order valence-corrected chi connectivity index (χ3v) is 2.76. The van der Waals surface area contributed by atoms with Crippen LogP contribution in [0.2, 0.25) is 0 Å². The maximum absolute atomic E-state index is 11.3. The largest absolute Gasteiger partial charge is 0.325 e. The van der Waals surface area contributed by atoms with Gasteiger partial charge >= 0.3 is 0 Å². The van der Waals surface area contributed by atoms with Gasteiger partial charge in [0.15, 0.2) is 0 Å². The first kappa shape index (κ1) is 9.40. The zero-order chi connectivity index (χ0) is 9.97. The van der Waals surface area contributed by atoms with Crippen molar-refractivity contribution < 1.29 is 0 Å². The maximum Gasteiger partial charge on any atom is 0.251 e. The first-order valence-electron chi connectivity index (χ1n) is 5.10. The number of aromatic nitrogens is 2. The van der Waals surface area contributed by atoms with Gasteiger partial charge in [-0.25, -0.2) is 4.98 Å². The molecule has 14 heavy (non-hydrogen) atoms. The topological polar surface area (TPSA) is 71.8 Å². The number of rotatable bonds is 2. The van der Waals surface area contributed by atoms with E-state index in [9.17, 15) is 4.79 Å². The van der Waals surface area contributed by atoms with E-state index in [0.29, 0.717) is 18.2 Å². The Balaban J connectivity index is 2.32. The van der Waals surface area contributed by atoms with Gasteiger partial charge in [-0.05, 0) is 12.8 Å². The smallest absolute Gasteiger partial charge is 0.251 e. The van der Waals surface area contributed by atoms with Gasteiger partial charge in [0.25, 0.3) is 5.56 Å². The van der Waals surface area contributed by atoms with Gasteiger partial charge in [-0.15, -0.1) is 0 Å². The van der Waals surface area contributed by atoms with E-state index in [4.69, 9.17) is 5.73 Å². The zero-order valence-electron chi connectivity index (χ0n) is 8.12. The number of nitrogens with zero attached hydrogens (tertiary/aromatic N) is 1. The van der Waals surface area contributed by atoms with E-state index in [0.717, 1.165) is 18.7 Å². The first-order valence-corrected chi connectivity index (χ1v) is 5.10. The molecule has 0 spiro atoms. The Morgan fingerprint density at radius 2 is 2.21 bits per heavy atom. The maximum atomic E-state index is 11.3. The quantitative estimate of drug-likeness (QED) is 0.732. The summed E-state index contributed by atoms with van der Waals surface area (Å²) in [7, 11) is 0. The number of nitrogens with two attached hydrogens (primary N) is 1. The lowest BCUT2D eigenvalue weighted by atomic mass is 10.1. The number of aromatic amines is 1. The second kappa shape index (κ2) is 3.92. The number of hydrogen-bond acceptors (Lipinski definition) is 3. The summed E-state index contributed by atoms with van der Waals surface area (Å²) in [4.78, 5) is 18.4. The van der Waals surface area contributed by atoms with E-state index in [2.05, 4.69) is 9.97 Å². The van der Waals surface area contributed by atoms with Crippen LogP contribution >= 0.6 is 0 Å². The Morgan fingerprint density at radius 3 is 2.86 bits per heavy atom. The lowest BCUT2D eigenvalue weighted by molar-refractivity contribution is 0.655. The Morgan fingerprint density at radius 1 is 1.50 bits per heavy atom. The SMILES string of the molecule is NCc1cc(=O)[nH]c(C2CCCC2)n1. The van der Waals surface area contributed by atoms with Gasteiger partial charge in [0.2, 0.25) is 0 Å². The Bertz CT molecular complexity index is 366. The standard InChI is InChI=1S/C10H15N3O/c11-6-8-5-9(14)13-10(12-8)7-3-1-2-4-7/h5,7H,1-4,6,11H2,(H,12,13,14). The molecule has 0 amide bonds. The van der Waals surface area contributed by atoms with Gasteiger partial charge in [-0.1, -0.05) is 12.8 Å². The van der Waals surface area contributed by atoms with Crippen LogP contribution < -0.4 is 11.3 Å². The number of H-pyrrole nitrogens is 1. The molecule has 1 fully saturated rings. The van der Waals surface area contributed by atoms with Crippen molar-refractivity contribution in [1.82, 2.24) is 9.97 Å². The van der Waals surface area contributed by atoms with Crippen molar-refractivity contribution in [3.63, 3.8) is 0 Å². The van der Waals surface area contributed by atoms with Crippen LogP contribution in [0.5, 0.6) is 0 Å². The van der Waals surface area contributed by atoms with E-state index in [1.165, 1.54) is 18.9 Å². The fourth-order valence-corrected chi connectivity index (χ4v) is 2.03. The molecule has 4 heteroatoms. The highest BCUT2D eigenvalue weighted by Gasteiger charge is 2.19. The summed E-state index contributed by atoms with van der Waals surface area (Å²) in [5.41, 5.74) is 6.08. The molecule has 0 aliphatic heterocycles. The summed E-state index contributed by atoms with van der Waals surface area (Å²) < 4.78 is 0. The minimum atomic E-state index is -0.0812. The summed E-state index contributed by atoms with van der Waals surface area (Å²) in [5, 5.41) is 0. The molecule has 0 radical (unpaired) electrons. The zero-order valence-corrected chi connectivity index (χ0v) is 8.12. The number of hydrogen-bond donors (Lipinski definition) is 2. The molecule has 4 nitrogen and oxygen atoms in total. The highest BCUT2D eigenvalue weighted by molar-refractivity contribution is 5.06. The lowest BCUT2D eigenvalue weighted by Crippen LogP contribution is -2.16. The van der Waals surface area contributed by atoms with Crippen molar-refractivity contribution in [3.8, 4) is 0 Å². The van der Waals surface area contributed by atoms with Crippen LogP contribution in [0, 0.1) is 0 Å². The lowest BCUT2D eigenvalue weighted by Gasteiger charge is -2.08. The van der Waals surface area contributed by atoms with Crippen molar-refractivity contribution in [1.29, 1.82) is 0 Å². The monoisotopic (exact) mass is 193 g/mol. The Kier molecular flexibility index (Phi) is 2.63. The molecule has 0 saturated heterocycles. The molecule has 1 heterocycles. The van der Waals surface area contributed by atoms with E-state index < -0.39 is 0 Å². The van der Waals surface area contributed by atoms with Gasteiger partial charge < -0.3 is 10.7 Å². The predicted molar refractivity (Wildman–Crippen MR) is 54.0 cm³/mol. The van der Waals surface area contributed by atoms with Gasteiger partial charge in [-0.3, -0.25) is 4.79 Å². The summed E-state index contributed by atoms with van der Waals surface area (Å²) in [6.07, 6.45) is 4.75. The predicted octanol–water partition coefficient (Wildman–Crippen LogP) is 0.886. The Hall–Kier alpha value is -1.16. The molecule has 1 aromatic heterocycles. The molecule has 1 saturated carbocycles. The highest BCUT2D eigenvalue weighted by atomic mass is 16.1. The van der Waals surface area contributed by atoms with Crippen molar-refractivity contribution in [2.24, 2.45) is 5.73 Å². The molecule has 0 unspecified atom stereocenters. The fourth-order valence-electron chi connectivity index (χ4n) is 2.03. The van der Waals surface area contributed by atoms with Gasteiger partial charge in [0.05, 0.1) is 5.69 Å². The fraction of sp³-hybridized carbons (Fsp3) is 0.600. The van der Waals surface area contributed by atoms with E-state index >= 15 is 0 Å². The van der Waals surface area contributed by atoms with Crippen LogP contribution in [0.3, 0.4) is 0 Å². The highest BCUT2D eigenvalue weighted by Crippen LogP contribution is 2.31. The van der Waals surface area contributed by atoms with Crippen molar-refractivity contribution >= 4 is 0 Å². The minimum absolute atomic E-state index is 0.0812. The molecule has 0 atom stereocenters. The van der Waals surface area contributed by atoms with E-state index in [1.807, 2.05) is 0 Å². The molecule has 0 aromatic carbocycles. The molecule has 2 rings (SSSR count). The van der Waals surface area contributed by atoms with Crippen molar-refractivity contribution in [3.05, 3.63) is 27.9 Å². The third-order valence-electron chi connectivity index (χ3n) is 2.76. The summed E-state index contributed by atoms with van der Waals surface area (Å²) in [5.74, 6) is 1.27. The average molecular weight is 193 g/mol. The minimum Gasteiger partial charge on any atom is -0.325 e. The van der Waals surface area contributed by atoms with E-state index in [-0.39, 0.29) is 5.56 Å². The molecule has 3 N–H and O–H groups in total. The van der Waals surface area contributed by atoms with E-state index in [1.54, 1.807) is 0 Å². The first-order chi connectivity index (χ1) is 6.79. The van der Waals surface area contributed by atoms with Gasteiger partial charge in [0.1, 0.15) is 5.82 Å². The second-order valence-electron chi connectivity index (χ2n) is 3.81. The average Bonchev–Trinajstić information content (AvgIpc) is 2.69. The van der Waals surface area contributed by atoms with Crippen LogP contribution in [0.4, 0.5) is 0 Å². The molecule has 76 valence electrons. The molecule has 1 aliphatic rings. The van der Waals surface area contributed by atoms with Crippen LogP contribution in [0.1, 0.15) is 43.1 Å². The van der Waals surface area contributed by atoms with Crippen LogP contribution in [0.15, 0.2) is 10.9 Å².